The Kier molecular flexibility index (Phi) is 3.53. The number of hydrogen-bond donors (Lipinski definition) is 1. The molecule has 1 heterocycles. The fraction of sp³-hybridized carbons (Fsp3) is 0.0909. The number of benzene rings is 1. The molecule has 0 aliphatic carbocycles. The summed E-state index contributed by atoms with van der Waals surface area (Å²) in [6.45, 7) is 0. The lowest BCUT2D eigenvalue weighted by Gasteiger charge is -2.08. The van der Waals surface area contributed by atoms with Crippen molar-refractivity contribution in [2.75, 3.05) is 12.4 Å². The van der Waals surface area contributed by atoms with Crippen LogP contribution in [0.2, 0.25) is 0 Å². The van der Waals surface area contributed by atoms with Crippen LogP contribution in [-0.4, -0.2) is 17.1 Å². The number of rotatable bonds is 3. The minimum Gasteiger partial charge on any atom is -0.497 e. The highest BCUT2D eigenvalue weighted by Gasteiger charge is 2.02. The van der Waals surface area contributed by atoms with Gasteiger partial charge in [0.2, 0.25) is 5.95 Å². The van der Waals surface area contributed by atoms with Gasteiger partial charge in [-0.3, -0.25) is 0 Å². The van der Waals surface area contributed by atoms with Crippen LogP contribution in [0.5, 0.6) is 5.75 Å². The molecule has 1 aromatic carbocycles. The Bertz CT molecular complexity index is 536. The lowest BCUT2D eigenvalue weighted by Crippen LogP contribution is -1.96. The van der Waals surface area contributed by atoms with Crippen molar-refractivity contribution in [2.24, 2.45) is 0 Å². The summed E-state index contributed by atoms with van der Waals surface area (Å²) in [4.78, 5) is 7.28. The van der Waals surface area contributed by atoms with E-state index in [1.165, 1.54) is 6.07 Å². The quantitative estimate of drug-likeness (QED) is 0.884. The monoisotopic (exact) mass is 297 g/mol. The predicted molar refractivity (Wildman–Crippen MR) is 66.0 cm³/mol. The van der Waals surface area contributed by atoms with E-state index in [-0.39, 0.29) is 0 Å². The summed E-state index contributed by atoms with van der Waals surface area (Å²) in [5.41, 5.74) is 0.745. The molecular formula is C11H9BrFN3O. The van der Waals surface area contributed by atoms with E-state index in [0.29, 0.717) is 11.6 Å². The Morgan fingerprint density at radius 1 is 1.24 bits per heavy atom. The van der Waals surface area contributed by atoms with Crippen LogP contribution >= 0.6 is 15.9 Å². The first-order valence-corrected chi connectivity index (χ1v) is 5.56. The molecule has 88 valence electrons. The van der Waals surface area contributed by atoms with E-state index in [2.05, 4.69) is 31.2 Å². The van der Waals surface area contributed by atoms with E-state index in [4.69, 9.17) is 4.74 Å². The second-order valence-electron chi connectivity index (χ2n) is 3.23. The van der Waals surface area contributed by atoms with Crippen LogP contribution in [0.1, 0.15) is 0 Å². The zero-order chi connectivity index (χ0) is 12.3. The van der Waals surface area contributed by atoms with Crippen LogP contribution in [0.25, 0.3) is 0 Å². The van der Waals surface area contributed by atoms with E-state index < -0.39 is 5.95 Å². The van der Waals surface area contributed by atoms with Crippen LogP contribution < -0.4 is 10.1 Å². The van der Waals surface area contributed by atoms with Gasteiger partial charge in [-0.1, -0.05) is 15.9 Å². The molecule has 17 heavy (non-hydrogen) atoms. The van der Waals surface area contributed by atoms with Crippen LogP contribution in [-0.2, 0) is 0 Å². The van der Waals surface area contributed by atoms with E-state index in [1.54, 1.807) is 13.2 Å². The number of anilines is 2. The Labute approximate surface area is 106 Å². The Hall–Kier alpha value is -1.69. The summed E-state index contributed by atoms with van der Waals surface area (Å²) in [5, 5.41) is 2.96. The first-order chi connectivity index (χ1) is 8.17. The standard InChI is InChI=1S/C11H9BrFN3O/c1-17-9-3-7(12)2-8(4-9)16-11-5-10(13)14-6-15-11/h2-6H,1H3,(H,14,15,16). The van der Waals surface area contributed by atoms with Crippen LogP contribution in [0.3, 0.4) is 0 Å². The molecular weight excluding hydrogens is 289 g/mol. The van der Waals surface area contributed by atoms with Gasteiger partial charge in [0.15, 0.2) is 0 Å². The van der Waals surface area contributed by atoms with E-state index >= 15 is 0 Å². The van der Waals surface area contributed by atoms with Gasteiger partial charge in [0.1, 0.15) is 17.9 Å². The minimum absolute atomic E-state index is 0.387. The van der Waals surface area contributed by atoms with Gasteiger partial charge in [-0.15, -0.1) is 0 Å². The molecule has 4 nitrogen and oxygen atoms in total. The zero-order valence-corrected chi connectivity index (χ0v) is 10.5. The highest BCUT2D eigenvalue weighted by atomic mass is 79.9. The van der Waals surface area contributed by atoms with Crippen molar-refractivity contribution >= 4 is 27.4 Å². The van der Waals surface area contributed by atoms with Crippen molar-refractivity contribution in [1.82, 2.24) is 9.97 Å². The Balaban J connectivity index is 2.26. The molecule has 0 saturated carbocycles. The molecule has 0 aliphatic heterocycles. The molecule has 0 bridgehead atoms. The predicted octanol–water partition coefficient (Wildman–Crippen LogP) is 3.13. The van der Waals surface area contributed by atoms with E-state index in [9.17, 15) is 4.39 Å². The molecule has 0 aliphatic rings. The summed E-state index contributed by atoms with van der Waals surface area (Å²) in [6, 6.07) is 6.66. The van der Waals surface area contributed by atoms with Gasteiger partial charge in [0, 0.05) is 22.3 Å². The van der Waals surface area contributed by atoms with Crippen molar-refractivity contribution in [3.63, 3.8) is 0 Å². The van der Waals surface area contributed by atoms with Gasteiger partial charge in [0.25, 0.3) is 0 Å². The van der Waals surface area contributed by atoms with Gasteiger partial charge in [-0.05, 0) is 12.1 Å². The van der Waals surface area contributed by atoms with Gasteiger partial charge in [-0.2, -0.15) is 4.39 Å². The van der Waals surface area contributed by atoms with Crippen molar-refractivity contribution in [3.05, 3.63) is 41.0 Å². The maximum atomic E-state index is 12.9. The molecule has 0 radical (unpaired) electrons. The third kappa shape index (κ3) is 3.13. The molecule has 2 aromatic rings. The zero-order valence-electron chi connectivity index (χ0n) is 8.95. The number of halogens is 2. The Morgan fingerprint density at radius 2 is 2.06 bits per heavy atom. The van der Waals surface area contributed by atoms with Gasteiger partial charge >= 0.3 is 0 Å². The number of ether oxygens (including phenoxy) is 1. The molecule has 2 rings (SSSR count). The van der Waals surface area contributed by atoms with Crippen molar-refractivity contribution < 1.29 is 9.13 Å². The molecule has 1 N–H and O–H groups in total. The Morgan fingerprint density at radius 3 is 2.76 bits per heavy atom. The first kappa shape index (κ1) is 11.8. The van der Waals surface area contributed by atoms with E-state index in [1.807, 2.05) is 12.1 Å². The average molecular weight is 298 g/mol. The summed E-state index contributed by atoms with van der Waals surface area (Å²) in [6.07, 6.45) is 1.16. The van der Waals surface area contributed by atoms with E-state index in [0.717, 1.165) is 16.5 Å². The lowest BCUT2D eigenvalue weighted by atomic mass is 10.3. The van der Waals surface area contributed by atoms with Gasteiger partial charge < -0.3 is 10.1 Å². The highest BCUT2D eigenvalue weighted by molar-refractivity contribution is 9.10. The largest absolute Gasteiger partial charge is 0.497 e. The highest BCUT2D eigenvalue weighted by Crippen LogP contribution is 2.26. The minimum atomic E-state index is -0.579. The van der Waals surface area contributed by atoms with Gasteiger partial charge in [-0.25, -0.2) is 9.97 Å². The third-order valence-electron chi connectivity index (χ3n) is 2.01. The smallest absolute Gasteiger partial charge is 0.218 e. The molecule has 1 aromatic heterocycles. The van der Waals surface area contributed by atoms with Crippen LogP contribution in [0.15, 0.2) is 35.1 Å². The topological polar surface area (TPSA) is 47.0 Å². The second kappa shape index (κ2) is 5.09. The fourth-order valence-corrected chi connectivity index (χ4v) is 1.77. The summed E-state index contributed by atoms with van der Waals surface area (Å²) >= 11 is 3.35. The number of hydrogen-bond acceptors (Lipinski definition) is 4. The fourth-order valence-electron chi connectivity index (χ4n) is 1.30. The normalized spacial score (nSPS) is 10.1. The first-order valence-electron chi connectivity index (χ1n) is 4.76. The SMILES string of the molecule is COc1cc(Br)cc(Nc2cc(F)ncn2)c1. The second-order valence-corrected chi connectivity index (χ2v) is 4.15. The maximum Gasteiger partial charge on any atom is 0.218 e. The number of aromatic nitrogens is 2. The molecule has 0 fully saturated rings. The number of nitrogens with zero attached hydrogens (tertiary/aromatic N) is 2. The van der Waals surface area contributed by atoms with Crippen LogP contribution in [0.4, 0.5) is 15.9 Å². The summed E-state index contributed by atoms with van der Waals surface area (Å²) in [5.74, 6) is 0.499. The molecule has 0 unspecified atom stereocenters. The van der Waals surface area contributed by atoms with Crippen LogP contribution in [0, 0.1) is 5.95 Å². The van der Waals surface area contributed by atoms with Crippen molar-refractivity contribution in [2.45, 2.75) is 0 Å². The summed E-state index contributed by atoms with van der Waals surface area (Å²) < 4.78 is 18.8. The lowest BCUT2D eigenvalue weighted by molar-refractivity contribution is 0.415. The molecule has 6 heteroatoms. The maximum absolute atomic E-state index is 12.9. The molecule has 0 atom stereocenters. The average Bonchev–Trinajstić information content (AvgIpc) is 2.28. The molecule has 0 spiro atoms. The van der Waals surface area contributed by atoms with Crippen molar-refractivity contribution in [3.8, 4) is 5.75 Å². The number of nitrogens with one attached hydrogen (secondary N) is 1. The molecule has 0 saturated heterocycles. The third-order valence-corrected chi connectivity index (χ3v) is 2.47. The molecule has 0 amide bonds. The van der Waals surface area contributed by atoms with Crippen molar-refractivity contribution in [1.29, 1.82) is 0 Å². The van der Waals surface area contributed by atoms with Gasteiger partial charge in [0.05, 0.1) is 7.11 Å². The number of methoxy groups -OCH3 is 1. The summed E-state index contributed by atoms with van der Waals surface area (Å²) in [7, 11) is 1.58.